The van der Waals surface area contributed by atoms with Crippen molar-refractivity contribution < 1.29 is 9.53 Å². The molecule has 0 aliphatic carbocycles. The lowest BCUT2D eigenvalue weighted by molar-refractivity contribution is -0.128. The molecule has 0 unspecified atom stereocenters. The lowest BCUT2D eigenvalue weighted by atomic mass is 10.00. The molecule has 1 atom stereocenters. The molecule has 2 heterocycles. The fourth-order valence-corrected chi connectivity index (χ4v) is 2.43. The number of likely N-dealkylation sites (tertiary alicyclic amines) is 1. The van der Waals surface area contributed by atoms with Crippen LogP contribution in [0.4, 0.5) is 5.82 Å². The van der Waals surface area contributed by atoms with Gasteiger partial charge in [-0.05, 0) is 24.0 Å². The number of nitrogens with one attached hydrogen (secondary N) is 1. The molecular formula is C14H21N3O2. The Morgan fingerprint density at radius 2 is 2.37 bits per heavy atom. The Kier molecular flexibility index (Phi) is 4.74. The van der Waals surface area contributed by atoms with E-state index < -0.39 is 0 Å². The van der Waals surface area contributed by atoms with Crippen molar-refractivity contribution in [2.45, 2.75) is 12.8 Å². The van der Waals surface area contributed by atoms with Crippen molar-refractivity contribution in [3.05, 3.63) is 23.9 Å². The molecule has 1 aliphatic heterocycles. The molecule has 5 nitrogen and oxygen atoms in total. The number of methoxy groups -OCH3 is 1. The topological polar surface area (TPSA) is 54.5 Å². The number of anilines is 1. The minimum Gasteiger partial charge on any atom is -0.383 e. The summed E-state index contributed by atoms with van der Waals surface area (Å²) < 4.78 is 5.02. The Balaban J connectivity index is 1.88. The summed E-state index contributed by atoms with van der Waals surface area (Å²) in [4.78, 5) is 18.0. The van der Waals surface area contributed by atoms with Crippen LogP contribution in [0.5, 0.6) is 0 Å². The van der Waals surface area contributed by atoms with E-state index in [0.717, 1.165) is 18.8 Å². The molecule has 5 heteroatoms. The molecule has 0 spiro atoms. The second-order valence-corrected chi connectivity index (χ2v) is 4.91. The van der Waals surface area contributed by atoms with Gasteiger partial charge < -0.3 is 15.0 Å². The summed E-state index contributed by atoms with van der Waals surface area (Å²) in [6.07, 6.45) is 3.43. The monoisotopic (exact) mass is 263 g/mol. The van der Waals surface area contributed by atoms with E-state index in [4.69, 9.17) is 4.74 Å². The molecule has 2 rings (SSSR count). The average Bonchev–Trinajstić information content (AvgIpc) is 2.77. The Morgan fingerprint density at radius 1 is 1.53 bits per heavy atom. The highest BCUT2D eigenvalue weighted by Gasteiger charge is 2.29. The maximum atomic E-state index is 11.8. The summed E-state index contributed by atoms with van der Waals surface area (Å²) in [7, 11) is 3.51. The van der Waals surface area contributed by atoms with Crippen LogP contribution in [0.2, 0.25) is 0 Å². The van der Waals surface area contributed by atoms with Gasteiger partial charge in [0.1, 0.15) is 5.82 Å². The Labute approximate surface area is 114 Å². The van der Waals surface area contributed by atoms with Gasteiger partial charge in [0.05, 0.1) is 6.61 Å². The number of nitrogens with zero attached hydrogens (tertiary/aromatic N) is 2. The largest absolute Gasteiger partial charge is 0.383 e. The van der Waals surface area contributed by atoms with E-state index in [1.807, 2.05) is 24.2 Å². The number of carbonyl (C=O) groups is 1. The van der Waals surface area contributed by atoms with Gasteiger partial charge in [-0.2, -0.15) is 0 Å². The maximum absolute atomic E-state index is 11.8. The zero-order valence-electron chi connectivity index (χ0n) is 11.6. The minimum absolute atomic E-state index is 0.238. The van der Waals surface area contributed by atoms with Crippen LogP contribution in [-0.4, -0.2) is 49.6 Å². The number of pyridine rings is 1. The van der Waals surface area contributed by atoms with Gasteiger partial charge in [0, 0.05) is 39.9 Å². The second-order valence-electron chi connectivity index (χ2n) is 4.91. The number of amides is 1. The Bertz CT molecular complexity index is 419. The summed E-state index contributed by atoms with van der Waals surface area (Å²) in [6.45, 7) is 2.13. The molecule has 1 aromatic heterocycles. The lowest BCUT2D eigenvalue weighted by Gasteiger charge is -2.15. The molecule has 1 fully saturated rings. The highest BCUT2D eigenvalue weighted by molar-refractivity contribution is 5.78. The van der Waals surface area contributed by atoms with Gasteiger partial charge in [-0.1, -0.05) is 6.07 Å². The van der Waals surface area contributed by atoms with E-state index in [0.29, 0.717) is 25.5 Å². The first kappa shape index (κ1) is 13.8. The van der Waals surface area contributed by atoms with Gasteiger partial charge in [-0.15, -0.1) is 0 Å². The van der Waals surface area contributed by atoms with Gasteiger partial charge in [0.15, 0.2) is 0 Å². The zero-order valence-corrected chi connectivity index (χ0v) is 11.6. The first-order valence-corrected chi connectivity index (χ1v) is 6.62. The molecule has 1 saturated heterocycles. The number of hydrogen-bond donors (Lipinski definition) is 1. The van der Waals surface area contributed by atoms with E-state index in [1.54, 1.807) is 7.11 Å². The van der Waals surface area contributed by atoms with Crippen molar-refractivity contribution in [1.82, 2.24) is 9.88 Å². The van der Waals surface area contributed by atoms with Gasteiger partial charge >= 0.3 is 0 Å². The highest BCUT2D eigenvalue weighted by atomic mass is 16.5. The average molecular weight is 263 g/mol. The summed E-state index contributed by atoms with van der Waals surface area (Å²) >= 11 is 0. The smallest absolute Gasteiger partial charge is 0.223 e. The predicted molar refractivity (Wildman–Crippen MR) is 74.1 cm³/mol. The molecule has 1 aliphatic rings. The third kappa shape index (κ3) is 3.67. The van der Waals surface area contributed by atoms with Gasteiger partial charge in [-0.3, -0.25) is 4.79 Å². The highest BCUT2D eigenvalue weighted by Crippen LogP contribution is 2.21. The van der Waals surface area contributed by atoms with Crippen LogP contribution in [0.15, 0.2) is 18.3 Å². The van der Waals surface area contributed by atoms with Gasteiger partial charge in [0.2, 0.25) is 5.91 Å². The molecule has 0 radical (unpaired) electrons. The number of hydrogen-bond acceptors (Lipinski definition) is 4. The molecule has 1 N–H and O–H groups in total. The molecule has 0 aromatic carbocycles. The second kappa shape index (κ2) is 6.52. The van der Waals surface area contributed by atoms with Crippen molar-refractivity contribution in [2.75, 3.05) is 39.2 Å². The molecule has 1 amide bonds. The van der Waals surface area contributed by atoms with E-state index in [2.05, 4.69) is 16.4 Å². The third-order valence-corrected chi connectivity index (χ3v) is 3.47. The number of aromatic nitrogens is 1. The number of ether oxygens (including phenoxy) is 1. The van der Waals surface area contributed by atoms with Crippen LogP contribution in [0.3, 0.4) is 0 Å². The first-order chi connectivity index (χ1) is 9.22. The van der Waals surface area contributed by atoms with Crippen molar-refractivity contribution in [3.63, 3.8) is 0 Å². The van der Waals surface area contributed by atoms with Crippen LogP contribution in [0, 0.1) is 5.92 Å². The number of rotatable bonds is 6. The summed E-state index contributed by atoms with van der Waals surface area (Å²) in [6, 6.07) is 4.04. The van der Waals surface area contributed by atoms with Crippen molar-refractivity contribution in [2.24, 2.45) is 5.92 Å². The zero-order chi connectivity index (χ0) is 13.7. The minimum atomic E-state index is 0.238. The summed E-state index contributed by atoms with van der Waals surface area (Å²) in [5.41, 5.74) is 1.19. The molecule has 0 saturated carbocycles. The Hall–Kier alpha value is -1.62. The predicted octanol–water partition coefficient (Wildman–Crippen LogP) is 1.16. The van der Waals surface area contributed by atoms with Crippen LogP contribution in [-0.2, 0) is 16.0 Å². The van der Waals surface area contributed by atoms with E-state index in [-0.39, 0.29) is 5.91 Å². The molecular weight excluding hydrogens is 242 g/mol. The lowest BCUT2D eigenvalue weighted by Crippen LogP contribution is -2.28. The summed E-state index contributed by atoms with van der Waals surface area (Å²) in [5, 5.41) is 3.00. The molecule has 0 bridgehead atoms. The normalized spacial score (nSPS) is 18.9. The standard InChI is InChI=1S/C14H21N3O2/c1-15-13-4-3-11(9-16-13)7-12-8-14(18)17(10-12)5-6-19-2/h3-4,9,12H,5-8,10H2,1-2H3,(H,15,16)/t12-/m0/s1. The summed E-state index contributed by atoms with van der Waals surface area (Å²) in [5.74, 6) is 1.50. The molecule has 104 valence electrons. The Morgan fingerprint density at radius 3 is 3.00 bits per heavy atom. The van der Waals surface area contributed by atoms with Crippen LogP contribution in [0.1, 0.15) is 12.0 Å². The molecule has 1 aromatic rings. The van der Waals surface area contributed by atoms with E-state index in [9.17, 15) is 4.79 Å². The van der Waals surface area contributed by atoms with Crippen LogP contribution >= 0.6 is 0 Å². The molecule has 19 heavy (non-hydrogen) atoms. The first-order valence-electron chi connectivity index (χ1n) is 6.62. The third-order valence-electron chi connectivity index (χ3n) is 3.47. The quantitative estimate of drug-likeness (QED) is 0.837. The van der Waals surface area contributed by atoms with Gasteiger partial charge in [-0.25, -0.2) is 4.98 Å². The van der Waals surface area contributed by atoms with Crippen LogP contribution < -0.4 is 5.32 Å². The van der Waals surface area contributed by atoms with Crippen LogP contribution in [0.25, 0.3) is 0 Å². The van der Waals surface area contributed by atoms with E-state index in [1.165, 1.54) is 5.56 Å². The van der Waals surface area contributed by atoms with Crippen molar-refractivity contribution >= 4 is 11.7 Å². The maximum Gasteiger partial charge on any atom is 0.223 e. The van der Waals surface area contributed by atoms with E-state index >= 15 is 0 Å². The fraction of sp³-hybridized carbons (Fsp3) is 0.571. The SMILES string of the molecule is CNc1ccc(C[C@H]2CC(=O)N(CCOC)C2)cn1. The van der Waals surface area contributed by atoms with Gasteiger partial charge in [0.25, 0.3) is 0 Å². The van der Waals surface area contributed by atoms with Crippen molar-refractivity contribution in [3.8, 4) is 0 Å². The number of carbonyl (C=O) groups excluding carboxylic acids is 1. The van der Waals surface area contributed by atoms with Crippen molar-refractivity contribution in [1.29, 1.82) is 0 Å². The fourth-order valence-electron chi connectivity index (χ4n) is 2.43.